The standard InChI is InChI=1S/C19H22N4O2S/c1-11-17(26-12(2)21-11)19(25)23-15-3-4-16(23)10-14(9-15)22-18(24)13-5-7-20-8-6-13/h5-8,14-16H,3-4,9-10H2,1-2H3,(H,22,24). The largest absolute Gasteiger partial charge is 0.349 e. The van der Waals surface area contributed by atoms with E-state index in [0.717, 1.165) is 41.3 Å². The molecule has 2 amide bonds. The summed E-state index contributed by atoms with van der Waals surface area (Å²) in [5, 5.41) is 4.06. The molecule has 1 N–H and O–H groups in total. The number of hydrogen-bond donors (Lipinski definition) is 1. The van der Waals surface area contributed by atoms with E-state index in [1.54, 1.807) is 24.5 Å². The Morgan fingerprint density at radius 2 is 1.81 bits per heavy atom. The van der Waals surface area contributed by atoms with Crippen molar-refractivity contribution in [3.05, 3.63) is 45.7 Å². The molecule has 2 bridgehead atoms. The first-order valence-electron chi connectivity index (χ1n) is 9.00. The third kappa shape index (κ3) is 3.11. The molecule has 0 aromatic carbocycles. The molecule has 2 saturated heterocycles. The van der Waals surface area contributed by atoms with Gasteiger partial charge < -0.3 is 10.2 Å². The van der Waals surface area contributed by atoms with Crippen LogP contribution in [-0.2, 0) is 0 Å². The van der Waals surface area contributed by atoms with E-state index in [0.29, 0.717) is 5.56 Å². The van der Waals surface area contributed by atoms with Gasteiger partial charge in [-0.15, -0.1) is 11.3 Å². The second-order valence-corrected chi connectivity index (χ2v) is 8.33. The van der Waals surface area contributed by atoms with Crippen LogP contribution in [0.1, 0.15) is 56.4 Å². The zero-order valence-corrected chi connectivity index (χ0v) is 15.8. The zero-order valence-electron chi connectivity index (χ0n) is 14.9. The predicted molar refractivity (Wildman–Crippen MR) is 99.3 cm³/mol. The lowest BCUT2D eigenvalue weighted by atomic mass is 9.96. The van der Waals surface area contributed by atoms with Crippen LogP contribution in [0.3, 0.4) is 0 Å². The summed E-state index contributed by atoms with van der Waals surface area (Å²) in [6.07, 6.45) is 6.90. The summed E-state index contributed by atoms with van der Waals surface area (Å²) in [6, 6.07) is 3.95. The maximum Gasteiger partial charge on any atom is 0.266 e. The topological polar surface area (TPSA) is 75.2 Å². The zero-order chi connectivity index (χ0) is 18.3. The SMILES string of the molecule is Cc1nc(C)c(C(=O)N2C3CCC2CC(NC(=O)c2ccncc2)C3)s1. The van der Waals surface area contributed by atoms with Gasteiger partial charge in [0.2, 0.25) is 0 Å². The highest BCUT2D eigenvalue weighted by molar-refractivity contribution is 7.13. The van der Waals surface area contributed by atoms with Gasteiger partial charge in [-0.25, -0.2) is 4.98 Å². The molecular weight excluding hydrogens is 348 g/mol. The normalized spacial score (nSPS) is 24.5. The minimum absolute atomic E-state index is 0.0643. The number of aryl methyl sites for hydroxylation is 2. The Morgan fingerprint density at radius 1 is 1.15 bits per heavy atom. The van der Waals surface area contributed by atoms with Crippen LogP contribution in [0.15, 0.2) is 24.5 Å². The van der Waals surface area contributed by atoms with Crippen LogP contribution in [0.4, 0.5) is 0 Å². The van der Waals surface area contributed by atoms with Crippen molar-refractivity contribution >= 4 is 23.2 Å². The fourth-order valence-electron chi connectivity index (χ4n) is 4.25. The Hall–Kier alpha value is -2.28. The molecule has 0 radical (unpaired) electrons. The van der Waals surface area contributed by atoms with Gasteiger partial charge in [0.25, 0.3) is 11.8 Å². The molecule has 2 aliphatic rings. The molecule has 6 nitrogen and oxygen atoms in total. The molecule has 2 aromatic rings. The number of hydrogen-bond acceptors (Lipinski definition) is 5. The van der Waals surface area contributed by atoms with E-state index in [2.05, 4.69) is 20.2 Å². The molecule has 4 heterocycles. The smallest absolute Gasteiger partial charge is 0.266 e. The average Bonchev–Trinajstić information content (AvgIpc) is 3.11. The summed E-state index contributed by atoms with van der Waals surface area (Å²) in [5.74, 6) is 0.0463. The van der Waals surface area contributed by atoms with Crippen molar-refractivity contribution < 1.29 is 9.59 Å². The number of carbonyl (C=O) groups is 2. The Labute approximate surface area is 156 Å². The van der Waals surface area contributed by atoms with Crippen LogP contribution >= 0.6 is 11.3 Å². The molecule has 2 aromatic heterocycles. The Morgan fingerprint density at radius 3 is 2.38 bits per heavy atom. The van der Waals surface area contributed by atoms with Crippen molar-refractivity contribution in [1.29, 1.82) is 0 Å². The third-order valence-corrected chi connectivity index (χ3v) is 6.40. The summed E-state index contributed by atoms with van der Waals surface area (Å²) < 4.78 is 0. The number of nitrogens with one attached hydrogen (secondary N) is 1. The van der Waals surface area contributed by atoms with Crippen molar-refractivity contribution in [3.8, 4) is 0 Å². The summed E-state index contributed by atoms with van der Waals surface area (Å²) >= 11 is 1.48. The molecule has 0 spiro atoms. The van der Waals surface area contributed by atoms with Crippen LogP contribution in [0.5, 0.6) is 0 Å². The number of nitrogens with zero attached hydrogens (tertiary/aromatic N) is 3. The summed E-state index contributed by atoms with van der Waals surface area (Å²) in [6.45, 7) is 3.84. The monoisotopic (exact) mass is 370 g/mol. The number of amides is 2. The fraction of sp³-hybridized carbons (Fsp3) is 0.474. The third-order valence-electron chi connectivity index (χ3n) is 5.34. The van der Waals surface area contributed by atoms with Gasteiger partial charge >= 0.3 is 0 Å². The number of rotatable bonds is 3. The maximum atomic E-state index is 13.0. The second kappa shape index (κ2) is 6.79. The summed E-state index contributed by atoms with van der Waals surface area (Å²) in [4.78, 5) is 36.6. The van der Waals surface area contributed by atoms with Crippen molar-refractivity contribution in [2.24, 2.45) is 0 Å². The highest BCUT2D eigenvalue weighted by Gasteiger charge is 2.44. The lowest BCUT2D eigenvalue weighted by Crippen LogP contribution is -2.52. The van der Waals surface area contributed by atoms with E-state index in [-0.39, 0.29) is 29.9 Å². The summed E-state index contributed by atoms with van der Waals surface area (Å²) in [5.41, 5.74) is 1.45. The van der Waals surface area contributed by atoms with E-state index in [1.807, 2.05) is 13.8 Å². The molecule has 7 heteroatoms. The van der Waals surface area contributed by atoms with Gasteiger partial charge in [-0.05, 0) is 51.7 Å². The number of piperidine rings is 1. The predicted octanol–water partition coefficient (Wildman–Crippen LogP) is 2.72. The van der Waals surface area contributed by atoms with Crippen LogP contribution in [0, 0.1) is 13.8 Å². The van der Waals surface area contributed by atoms with E-state index in [1.165, 1.54) is 11.3 Å². The van der Waals surface area contributed by atoms with Gasteiger partial charge in [0.15, 0.2) is 0 Å². The van der Waals surface area contributed by atoms with Gasteiger partial charge in [0.05, 0.1) is 10.7 Å². The Kier molecular flexibility index (Phi) is 4.48. The van der Waals surface area contributed by atoms with Crippen molar-refractivity contribution in [3.63, 3.8) is 0 Å². The number of carbonyl (C=O) groups excluding carboxylic acids is 2. The number of thiazole rings is 1. The van der Waals surface area contributed by atoms with E-state index >= 15 is 0 Å². The van der Waals surface area contributed by atoms with Gasteiger partial charge in [-0.1, -0.05) is 0 Å². The lowest BCUT2D eigenvalue weighted by Gasteiger charge is -2.39. The first kappa shape index (κ1) is 17.1. The van der Waals surface area contributed by atoms with Crippen LogP contribution in [0.25, 0.3) is 0 Å². The Bertz CT molecular complexity index is 821. The van der Waals surface area contributed by atoms with E-state index in [4.69, 9.17) is 0 Å². The lowest BCUT2D eigenvalue weighted by molar-refractivity contribution is 0.0553. The van der Waals surface area contributed by atoms with Crippen LogP contribution < -0.4 is 5.32 Å². The minimum Gasteiger partial charge on any atom is -0.349 e. The maximum absolute atomic E-state index is 13.0. The molecule has 26 heavy (non-hydrogen) atoms. The van der Waals surface area contributed by atoms with Gasteiger partial charge in [-0.2, -0.15) is 0 Å². The van der Waals surface area contributed by atoms with Crippen molar-refractivity contribution in [1.82, 2.24) is 20.2 Å². The number of pyridine rings is 1. The number of fused-ring (bicyclic) bond motifs is 2. The van der Waals surface area contributed by atoms with Crippen molar-refractivity contribution in [2.75, 3.05) is 0 Å². The first-order chi connectivity index (χ1) is 12.5. The summed E-state index contributed by atoms with van der Waals surface area (Å²) in [7, 11) is 0. The Balaban J connectivity index is 1.45. The number of aromatic nitrogens is 2. The van der Waals surface area contributed by atoms with Gasteiger partial charge in [-0.3, -0.25) is 14.6 Å². The molecule has 2 unspecified atom stereocenters. The molecule has 4 rings (SSSR count). The molecule has 136 valence electrons. The van der Waals surface area contributed by atoms with Gasteiger partial charge in [0, 0.05) is 36.1 Å². The molecule has 0 saturated carbocycles. The molecule has 2 fully saturated rings. The van der Waals surface area contributed by atoms with Gasteiger partial charge in [0.1, 0.15) is 4.88 Å². The highest BCUT2D eigenvalue weighted by Crippen LogP contribution is 2.38. The molecule has 0 aliphatic carbocycles. The highest BCUT2D eigenvalue weighted by atomic mass is 32.1. The quantitative estimate of drug-likeness (QED) is 0.901. The average molecular weight is 370 g/mol. The van der Waals surface area contributed by atoms with Crippen LogP contribution in [-0.4, -0.2) is 44.8 Å². The fourth-order valence-corrected chi connectivity index (χ4v) is 5.11. The van der Waals surface area contributed by atoms with Crippen LogP contribution in [0.2, 0.25) is 0 Å². The van der Waals surface area contributed by atoms with Crippen molar-refractivity contribution in [2.45, 2.75) is 57.7 Å². The molecule has 2 atom stereocenters. The second-order valence-electron chi connectivity index (χ2n) is 7.12. The minimum atomic E-state index is -0.0643. The molecule has 2 aliphatic heterocycles. The molecular formula is C19H22N4O2S. The van der Waals surface area contributed by atoms with E-state index in [9.17, 15) is 9.59 Å². The first-order valence-corrected chi connectivity index (χ1v) is 9.82. The van der Waals surface area contributed by atoms with E-state index < -0.39 is 0 Å².